The van der Waals surface area contributed by atoms with Gasteiger partial charge in [0.15, 0.2) is 0 Å². The number of nitrogen functional groups attached to an aromatic ring is 1. The molecule has 1 saturated heterocycles. The molecule has 1 aromatic carbocycles. The highest BCUT2D eigenvalue weighted by Crippen LogP contribution is 2.26. The van der Waals surface area contributed by atoms with E-state index in [1.807, 2.05) is 18.2 Å². The van der Waals surface area contributed by atoms with Crippen molar-refractivity contribution in [2.24, 2.45) is 5.73 Å². The van der Waals surface area contributed by atoms with Gasteiger partial charge in [-0.1, -0.05) is 0 Å². The van der Waals surface area contributed by atoms with Crippen LogP contribution in [-0.4, -0.2) is 18.9 Å². The standard InChI is InChI=1S/C11H14BrN3/c12-10-7-8(15-5-1-2-6-15)3-4-9(10)11(13)14/h3-4,7H,1-2,5-6H2,(H3,13,14). The fraction of sp³-hybridized carbons (Fsp3) is 0.364. The molecular weight excluding hydrogens is 254 g/mol. The molecule has 15 heavy (non-hydrogen) atoms. The van der Waals surface area contributed by atoms with Gasteiger partial charge in [-0.3, -0.25) is 5.41 Å². The van der Waals surface area contributed by atoms with E-state index in [-0.39, 0.29) is 5.84 Å². The van der Waals surface area contributed by atoms with Crippen LogP contribution in [0.3, 0.4) is 0 Å². The molecule has 0 atom stereocenters. The lowest BCUT2D eigenvalue weighted by Gasteiger charge is -2.18. The Hall–Kier alpha value is -1.03. The van der Waals surface area contributed by atoms with Crippen LogP contribution in [0.15, 0.2) is 22.7 Å². The monoisotopic (exact) mass is 267 g/mol. The third kappa shape index (κ3) is 2.15. The molecule has 0 aromatic heterocycles. The quantitative estimate of drug-likeness (QED) is 0.639. The van der Waals surface area contributed by atoms with Gasteiger partial charge in [-0.2, -0.15) is 0 Å². The maximum Gasteiger partial charge on any atom is 0.123 e. The Morgan fingerprint density at radius 2 is 2.00 bits per heavy atom. The second-order valence-electron chi connectivity index (χ2n) is 3.77. The predicted molar refractivity (Wildman–Crippen MR) is 66.6 cm³/mol. The number of anilines is 1. The second kappa shape index (κ2) is 4.23. The molecule has 80 valence electrons. The van der Waals surface area contributed by atoms with Gasteiger partial charge in [0.1, 0.15) is 5.84 Å². The van der Waals surface area contributed by atoms with Crippen LogP contribution in [0.2, 0.25) is 0 Å². The van der Waals surface area contributed by atoms with Crippen molar-refractivity contribution >= 4 is 27.5 Å². The first-order valence-electron chi connectivity index (χ1n) is 5.07. The minimum Gasteiger partial charge on any atom is -0.384 e. The number of nitrogens with one attached hydrogen (secondary N) is 1. The lowest BCUT2D eigenvalue weighted by Crippen LogP contribution is -2.18. The van der Waals surface area contributed by atoms with Gasteiger partial charge in [0.05, 0.1) is 0 Å². The number of hydrogen-bond acceptors (Lipinski definition) is 2. The number of benzene rings is 1. The molecule has 0 radical (unpaired) electrons. The largest absolute Gasteiger partial charge is 0.384 e. The average Bonchev–Trinajstić information content (AvgIpc) is 2.69. The molecule has 2 rings (SSSR count). The summed E-state index contributed by atoms with van der Waals surface area (Å²) in [4.78, 5) is 2.36. The molecule has 1 fully saturated rings. The van der Waals surface area contributed by atoms with E-state index in [1.165, 1.54) is 18.5 Å². The lowest BCUT2D eigenvalue weighted by molar-refractivity contribution is 0.949. The highest BCUT2D eigenvalue weighted by molar-refractivity contribution is 9.10. The van der Waals surface area contributed by atoms with Crippen molar-refractivity contribution in [1.29, 1.82) is 5.41 Å². The predicted octanol–water partition coefficient (Wildman–Crippen LogP) is 2.33. The first kappa shape index (κ1) is 10.5. The number of hydrogen-bond donors (Lipinski definition) is 2. The molecule has 0 unspecified atom stereocenters. The summed E-state index contributed by atoms with van der Waals surface area (Å²) in [5.74, 6) is 0.106. The number of rotatable bonds is 2. The zero-order valence-corrected chi connectivity index (χ0v) is 10.0. The number of amidine groups is 1. The Kier molecular flexibility index (Phi) is 2.95. The SMILES string of the molecule is N=C(N)c1ccc(N2CCCC2)cc1Br. The van der Waals surface area contributed by atoms with Crippen LogP contribution in [0.1, 0.15) is 18.4 Å². The molecule has 0 amide bonds. The fourth-order valence-electron chi connectivity index (χ4n) is 1.89. The summed E-state index contributed by atoms with van der Waals surface area (Å²) in [6.45, 7) is 2.26. The van der Waals surface area contributed by atoms with Crippen molar-refractivity contribution in [3.8, 4) is 0 Å². The molecular formula is C11H14BrN3. The molecule has 1 aliphatic rings. The molecule has 3 nitrogen and oxygen atoms in total. The van der Waals surface area contributed by atoms with Crippen LogP contribution < -0.4 is 10.6 Å². The van der Waals surface area contributed by atoms with E-state index in [1.54, 1.807) is 0 Å². The normalized spacial score (nSPS) is 15.7. The van der Waals surface area contributed by atoms with Gasteiger partial charge >= 0.3 is 0 Å². The molecule has 1 aliphatic heterocycles. The van der Waals surface area contributed by atoms with Crippen LogP contribution in [0.5, 0.6) is 0 Å². The smallest absolute Gasteiger partial charge is 0.123 e. The van der Waals surface area contributed by atoms with Crippen molar-refractivity contribution in [3.05, 3.63) is 28.2 Å². The first-order chi connectivity index (χ1) is 7.18. The molecule has 0 aliphatic carbocycles. The number of halogens is 1. The molecule has 4 heteroatoms. The van der Waals surface area contributed by atoms with Crippen molar-refractivity contribution in [2.45, 2.75) is 12.8 Å². The molecule has 3 N–H and O–H groups in total. The van der Waals surface area contributed by atoms with Crippen LogP contribution in [0, 0.1) is 5.41 Å². The van der Waals surface area contributed by atoms with Crippen molar-refractivity contribution in [2.75, 3.05) is 18.0 Å². The summed E-state index contributed by atoms with van der Waals surface area (Å²) in [6.07, 6.45) is 2.54. The number of nitrogens with zero attached hydrogens (tertiary/aromatic N) is 1. The van der Waals surface area contributed by atoms with Crippen molar-refractivity contribution in [1.82, 2.24) is 0 Å². The van der Waals surface area contributed by atoms with Crippen LogP contribution in [-0.2, 0) is 0 Å². The van der Waals surface area contributed by atoms with Gasteiger partial charge in [-0.25, -0.2) is 0 Å². The lowest BCUT2D eigenvalue weighted by atomic mass is 10.2. The van der Waals surface area contributed by atoms with Crippen LogP contribution in [0.4, 0.5) is 5.69 Å². The molecule has 1 heterocycles. The zero-order chi connectivity index (χ0) is 10.8. The minimum atomic E-state index is 0.106. The van der Waals surface area contributed by atoms with Crippen LogP contribution >= 0.6 is 15.9 Å². The van der Waals surface area contributed by atoms with E-state index < -0.39 is 0 Å². The summed E-state index contributed by atoms with van der Waals surface area (Å²) in [6, 6.07) is 5.98. The zero-order valence-electron chi connectivity index (χ0n) is 8.46. The fourth-order valence-corrected chi connectivity index (χ4v) is 2.47. The third-order valence-corrected chi connectivity index (χ3v) is 3.37. The highest BCUT2D eigenvalue weighted by Gasteiger charge is 2.13. The maximum atomic E-state index is 7.39. The van der Waals surface area contributed by atoms with Crippen molar-refractivity contribution < 1.29 is 0 Å². The second-order valence-corrected chi connectivity index (χ2v) is 4.63. The number of nitrogens with two attached hydrogens (primary N) is 1. The minimum absolute atomic E-state index is 0.106. The van der Waals surface area contributed by atoms with Gasteiger partial charge in [0.25, 0.3) is 0 Å². The summed E-state index contributed by atoms with van der Waals surface area (Å²) in [5.41, 5.74) is 7.43. The molecule has 1 aromatic rings. The summed E-state index contributed by atoms with van der Waals surface area (Å²) < 4.78 is 0.902. The van der Waals surface area contributed by atoms with E-state index in [0.717, 1.165) is 23.1 Å². The van der Waals surface area contributed by atoms with Gasteiger partial charge in [-0.15, -0.1) is 0 Å². The van der Waals surface area contributed by atoms with E-state index >= 15 is 0 Å². The van der Waals surface area contributed by atoms with Gasteiger partial charge in [0.2, 0.25) is 0 Å². The summed E-state index contributed by atoms with van der Waals surface area (Å²) >= 11 is 3.45. The van der Waals surface area contributed by atoms with Gasteiger partial charge < -0.3 is 10.6 Å². The summed E-state index contributed by atoms with van der Waals surface area (Å²) in [7, 11) is 0. The van der Waals surface area contributed by atoms with Crippen LogP contribution in [0.25, 0.3) is 0 Å². The van der Waals surface area contributed by atoms with Crippen molar-refractivity contribution in [3.63, 3.8) is 0 Å². The van der Waals surface area contributed by atoms with E-state index in [2.05, 4.69) is 20.8 Å². The van der Waals surface area contributed by atoms with E-state index in [0.29, 0.717) is 0 Å². The Morgan fingerprint density at radius 1 is 1.33 bits per heavy atom. The molecule has 0 saturated carbocycles. The average molecular weight is 268 g/mol. The Morgan fingerprint density at radius 3 is 2.53 bits per heavy atom. The Balaban J connectivity index is 2.28. The van der Waals surface area contributed by atoms with E-state index in [4.69, 9.17) is 11.1 Å². The topological polar surface area (TPSA) is 53.1 Å². The Labute approximate surface area is 97.9 Å². The first-order valence-corrected chi connectivity index (χ1v) is 5.86. The maximum absolute atomic E-state index is 7.39. The molecule has 0 spiro atoms. The highest BCUT2D eigenvalue weighted by atomic mass is 79.9. The molecule has 0 bridgehead atoms. The third-order valence-electron chi connectivity index (χ3n) is 2.71. The summed E-state index contributed by atoms with van der Waals surface area (Å²) in [5, 5.41) is 7.39. The van der Waals surface area contributed by atoms with Gasteiger partial charge in [-0.05, 0) is 47.0 Å². The Bertz CT molecular complexity index is 383. The van der Waals surface area contributed by atoms with Gasteiger partial charge in [0, 0.05) is 28.8 Å². The van der Waals surface area contributed by atoms with E-state index in [9.17, 15) is 0 Å².